The smallest absolute Gasteiger partial charge is 0.352 e. The number of thiazole rings is 1. The monoisotopic (exact) mass is 468 g/mol. The second kappa shape index (κ2) is 8.23. The van der Waals surface area contributed by atoms with E-state index in [1.54, 1.807) is 12.4 Å². The third-order valence-electron chi connectivity index (χ3n) is 4.43. The zero-order valence-corrected chi connectivity index (χ0v) is 18.0. The van der Waals surface area contributed by atoms with Crippen LogP contribution >= 0.6 is 34.9 Å². The molecule has 0 spiro atoms. The number of carboxylic acid groups (broad SMARTS) is 1. The molecule has 4 heterocycles. The van der Waals surface area contributed by atoms with Crippen LogP contribution in [0.2, 0.25) is 0 Å². The summed E-state index contributed by atoms with van der Waals surface area (Å²) in [6.07, 6.45) is 0.00409. The van der Waals surface area contributed by atoms with Crippen molar-refractivity contribution in [2.24, 2.45) is 7.05 Å². The molecule has 12 nitrogen and oxygen atoms in total. The van der Waals surface area contributed by atoms with E-state index >= 15 is 0 Å². The SMILES string of the molecule is Cn1nnnc1SCC1=C(C(=O)O)N2C(=O)C(NC(=O)Cc3csc(N)n3)[C@@H]2SC1. The molecule has 1 fully saturated rings. The number of β-lactam (4-membered cyclic amide) rings is 1. The summed E-state index contributed by atoms with van der Waals surface area (Å²) in [5.74, 6) is -1.23. The molecule has 2 aromatic rings. The fourth-order valence-corrected chi connectivity index (χ4v) is 5.98. The van der Waals surface area contributed by atoms with Crippen molar-refractivity contribution < 1.29 is 19.5 Å². The van der Waals surface area contributed by atoms with Crippen LogP contribution in [-0.2, 0) is 27.9 Å². The van der Waals surface area contributed by atoms with Crippen LogP contribution in [0.5, 0.6) is 0 Å². The van der Waals surface area contributed by atoms with Crippen LogP contribution in [0, 0.1) is 0 Å². The van der Waals surface area contributed by atoms with Crippen LogP contribution in [0.4, 0.5) is 5.13 Å². The summed E-state index contributed by atoms with van der Waals surface area (Å²) in [4.78, 5) is 42.1. The fourth-order valence-electron chi connectivity index (χ4n) is 3.08. The minimum Gasteiger partial charge on any atom is -0.477 e. The highest BCUT2D eigenvalue weighted by Crippen LogP contribution is 2.41. The highest BCUT2D eigenvalue weighted by molar-refractivity contribution is 8.01. The standard InChI is InChI=1S/C15H16N8O4S3/c1-22-15(19-20-21-22)30-4-6-3-28-12-9(11(25)23(12)10(6)13(26)27)18-8(24)2-7-5-29-14(16)17-7/h5,9,12H,2-4H2,1H3,(H2,16,17)(H,18,24)(H,26,27)/t9?,12-/m0/s1. The number of aliphatic carboxylic acids is 1. The molecule has 30 heavy (non-hydrogen) atoms. The van der Waals surface area contributed by atoms with E-state index in [4.69, 9.17) is 5.73 Å². The van der Waals surface area contributed by atoms with Gasteiger partial charge in [-0.3, -0.25) is 14.5 Å². The van der Waals surface area contributed by atoms with E-state index in [9.17, 15) is 19.5 Å². The van der Waals surface area contributed by atoms with Crippen molar-refractivity contribution in [3.8, 4) is 0 Å². The second-order valence-corrected chi connectivity index (χ2v) is 9.38. The molecule has 15 heteroatoms. The predicted octanol–water partition coefficient (Wildman–Crippen LogP) is -0.678. The molecule has 2 amide bonds. The molecule has 2 aliphatic heterocycles. The molecule has 4 N–H and O–H groups in total. The lowest BCUT2D eigenvalue weighted by atomic mass is 10.0. The number of nitrogens with two attached hydrogens (primary N) is 1. The summed E-state index contributed by atoms with van der Waals surface area (Å²) >= 11 is 3.94. The van der Waals surface area contributed by atoms with Crippen LogP contribution in [0.15, 0.2) is 21.8 Å². The van der Waals surface area contributed by atoms with Gasteiger partial charge in [0.25, 0.3) is 5.91 Å². The van der Waals surface area contributed by atoms with Gasteiger partial charge < -0.3 is 16.2 Å². The minimum absolute atomic E-state index is 0.00409. The van der Waals surface area contributed by atoms with Crippen molar-refractivity contribution in [2.75, 3.05) is 17.2 Å². The Morgan fingerprint density at radius 1 is 1.47 bits per heavy atom. The number of carbonyl (C=O) groups excluding carboxylic acids is 2. The quantitative estimate of drug-likeness (QED) is 0.348. The number of nitrogens with one attached hydrogen (secondary N) is 1. The number of aryl methyl sites for hydroxylation is 1. The molecule has 0 aromatic carbocycles. The highest BCUT2D eigenvalue weighted by Gasteiger charge is 2.54. The van der Waals surface area contributed by atoms with E-state index < -0.39 is 23.3 Å². The number of tetrazole rings is 1. The van der Waals surface area contributed by atoms with Gasteiger partial charge in [-0.25, -0.2) is 14.5 Å². The van der Waals surface area contributed by atoms with E-state index in [0.717, 1.165) is 0 Å². The molecule has 2 atom stereocenters. The van der Waals surface area contributed by atoms with Gasteiger partial charge in [-0.05, 0) is 16.0 Å². The number of amides is 2. The van der Waals surface area contributed by atoms with Crippen LogP contribution in [-0.4, -0.2) is 75.9 Å². The number of nitrogens with zero attached hydrogens (tertiary/aromatic N) is 6. The lowest BCUT2D eigenvalue weighted by molar-refractivity contribution is -0.150. The third kappa shape index (κ3) is 3.87. The topological polar surface area (TPSA) is 169 Å². The number of carbonyl (C=O) groups is 3. The zero-order valence-electron chi connectivity index (χ0n) is 15.5. The van der Waals surface area contributed by atoms with Crippen LogP contribution in [0.25, 0.3) is 0 Å². The summed E-state index contributed by atoms with van der Waals surface area (Å²) in [5, 5.41) is 25.7. The van der Waals surface area contributed by atoms with Crippen molar-refractivity contribution in [3.05, 3.63) is 22.3 Å². The number of carboxylic acids is 1. The summed E-state index contributed by atoms with van der Waals surface area (Å²) in [5.41, 5.74) is 6.65. The van der Waals surface area contributed by atoms with Gasteiger partial charge in [-0.1, -0.05) is 11.8 Å². The molecule has 2 aliphatic rings. The second-order valence-electron chi connectivity index (χ2n) is 6.44. The summed E-state index contributed by atoms with van der Waals surface area (Å²) in [6.45, 7) is 0. The Bertz CT molecular complexity index is 1050. The number of hydrogen-bond acceptors (Lipinski definition) is 11. The Balaban J connectivity index is 1.44. The van der Waals surface area contributed by atoms with Crippen molar-refractivity contribution in [2.45, 2.75) is 23.0 Å². The minimum atomic E-state index is -1.18. The zero-order chi connectivity index (χ0) is 21.4. The average Bonchev–Trinajstić information content (AvgIpc) is 3.31. The molecular weight excluding hydrogens is 452 g/mol. The number of rotatable bonds is 7. The van der Waals surface area contributed by atoms with Crippen LogP contribution in [0.1, 0.15) is 5.69 Å². The molecule has 2 aromatic heterocycles. The summed E-state index contributed by atoms with van der Waals surface area (Å²) in [6, 6.07) is -0.773. The number of fused-ring (bicyclic) bond motifs is 1. The van der Waals surface area contributed by atoms with E-state index in [2.05, 4.69) is 25.8 Å². The normalized spacial score (nSPS) is 20.7. The summed E-state index contributed by atoms with van der Waals surface area (Å²) in [7, 11) is 1.69. The van der Waals surface area contributed by atoms with Crippen molar-refractivity contribution in [1.29, 1.82) is 0 Å². The maximum Gasteiger partial charge on any atom is 0.352 e. The third-order valence-corrected chi connectivity index (χ3v) is 7.59. The molecule has 1 unspecified atom stereocenters. The van der Waals surface area contributed by atoms with Crippen molar-refractivity contribution in [1.82, 2.24) is 35.4 Å². The van der Waals surface area contributed by atoms with Gasteiger partial charge in [0.2, 0.25) is 11.1 Å². The van der Waals surface area contributed by atoms with Crippen molar-refractivity contribution >= 4 is 57.8 Å². The number of thioether (sulfide) groups is 2. The van der Waals surface area contributed by atoms with E-state index in [0.29, 0.717) is 33.1 Å². The molecule has 0 aliphatic carbocycles. The number of aromatic nitrogens is 5. The maximum absolute atomic E-state index is 12.7. The van der Waals surface area contributed by atoms with Gasteiger partial charge in [0.05, 0.1) is 12.1 Å². The van der Waals surface area contributed by atoms with Gasteiger partial charge >= 0.3 is 5.97 Å². The van der Waals surface area contributed by atoms with Gasteiger partial charge in [0.15, 0.2) is 5.13 Å². The van der Waals surface area contributed by atoms with E-state index in [-0.39, 0.29) is 18.0 Å². The number of anilines is 1. The van der Waals surface area contributed by atoms with Crippen molar-refractivity contribution in [3.63, 3.8) is 0 Å². The number of nitrogen functional groups attached to an aromatic ring is 1. The number of hydrogen-bond donors (Lipinski definition) is 3. The van der Waals surface area contributed by atoms with E-state index in [1.165, 1.54) is 44.4 Å². The van der Waals surface area contributed by atoms with E-state index in [1.807, 2.05) is 0 Å². The first-order chi connectivity index (χ1) is 14.3. The van der Waals surface area contributed by atoms with Gasteiger partial charge in [-0.2, -0.15) is 0 Å². The lowest BCUT2D eigenvalue weighted by Crippen LogP contribution is -2.70. The fraction of sp³-hybridized carbons (Fsp3) is 0.400. The van der Waals surface area contributed by atoms with Gasteiger partial charge in [0, 0.05) is 23.9 Å². The molecular formula is C15H16N8O4S3. The molecule has 1 saturated heterocycles. The largest absolute Gasteiger partial charge is 0.477 e. The Morgan fingerprint density at radius 3 is 2.90 bits per heavy atom. The Labute approximate surface area is 182 Å². The Kier molecular flexibility index (Phi) is 5.66. The summed E-state index contributed by atoms with van der Waals surface area (Å²) < 4.78 is 1.49. The first-order valence-electron chi connectivity index (χ1n) is 8.59. The Hall–Kier alpha value is -2.65. The predicted molar refractivity (Wildman–Crippen MR) is 109 cm³/mol. The van der Waals surface area contributed by atoms with Gasteiger partial charge in [-0.15, -0.1) is 28.2 Å². The lowest BCUT2D eigenvalue weighted by Gasteiger charge is -2.49. The van der Waals surface area contributed by atoms with Crippen LogP contribution in [0.3, 0.4) is 0 Å². The first-order valence-corrected chi connectivity index (χ1v) is 11.5. The maximum atomic E-state index is 12.7. The average molecular weight is 469 g/mol. The van der Waals surface area contributed by atoms with Crippen LogP contribution < -0.4 is 11.1 Å². The Morgan fingerprint density at radius 2 is 2.27 bits per heavy atom. The van der Waals surface area contributed by atoms with Gasteiger partial charge in [0.1, 0.15) is 17.1 Å². The highest BCUT2D eigenvalue weighted by atomic mass is 32.2. The first kappa shape index (κ1) is 20.6. The molecule has 4 rings (SSSR count). The molecule has 0 bridgehead atoms. The molecule has 0 radical (unpaired) electrons. The molecule has 0 saturated carbocycles. The molecule has 158 valence electrons.